The molecule has 2 atom stereocenters. The summed E-state index contributed by atoms with van der Waals surface area (Å²) in [5, 5.41) is 11.1. The van der Waals surface area contributed by atoms with Crippen molar-refractivity contribution >= 4 is 16.6 Å². The molecule has 0 radical (unpaired) electrons. The Morgan fingerprint density at radius 3 is 2.56 bits per heavy atom. The number of aryl methyl sites for hydroxylation is 1. The average molecular weight is 447 g/mol. The number of rotatable bonds is 5. The monoisotopic (exact) mass is 446 g/mol. The molecule has 32 heavy (non-hydrogen) atoms. The number of halogens is 1. The van der Waals surface area contributed by atoms with E-state index >= 15 is 4.39 Å². The summed E-state index contributed by atoms with van der Waals surface area (Å²) in [4.78, 5) is 29.5. The lowest BCUT2D eigenvalue weighted by atomic mass is 9.83. The van der Waals surface area contributed by atoms with Crippen LogP contribution in [0.25, 0.3) is 10.9 Å². The molecule has 0 amide bonds. The molecule has 0 spiro atoms. The van der Waals surface area contributed by atoms with Gasteiger partial charge >= 0.3 is 5.69 Å². The van der Waals surface area contributed by atoms with Gasteiger partial charge in [0.1, 0.15) is 11.2 Å². The summed E-state index contributed by atoms with van der Waals surface area (Å²) in [6.07, 6.45) is 5.74. The number of aromatic amines is 1. The van der Waals surface area contributed by atoms with Gasteiger partial charge in [-0.3, -0.25) is 14.3 Å². The number of hydrogen-bond donors (Lipinski definition) is 3. The Morgan fingerprint density at radius 2 is 1.94 bits per heavy atom. The van der Waals surface area contributed by atoms with Crippen molar-refractivity contribution in [2.75, 3.05) is 25.1 Å². The molecule has 9 heteroatoms. The van der Waals surface area contributed by atoms with E-state index in [2.05, 4.69) is 4.98 Å². The number of benzene rings is 1. The number of nitrogens with two attached hydrogens (primary N) is 1. The molecule has 3 aliphatic rings. The van der Waals surface area contributed by atoms with Crippen molar-refractivity contribution in [1.82, 2.24) is 9.55 Å². The lowest BCUT2D eigenvalue weighted by molar-refractivity contribution is 0.00442. The summed E-state index contributed by atoms with van der Waals surface area (Å²) < 4.78 is 22.9. The largest absolute Gasteiger partial charge is 0.492 e. The standard InChI is InChI=1S/C23H31FN4O4/c1-12-15-17(28(14-5-6-14)22(30)26-21(15)29)19(32-2)18(16(12)24)27-10-7-13(11-27)20(25)23(31)8-3-4-9-23/h13-14,20,31H,3-11,25H2,1-2H3,(H,26,29,30). The molecule has 4 N–H and O–H groups in total. The molecular formula is C23H31FN4O4. The third kappa shape index (κ3) is 3.16. The maximum atomic E-state index is 15.7. The van der Waals surface area contributed by atoms with Gasteiger partial charge in [0, 0.05) is 30.7 Å². The van der Waals surface area contributed by atoms with Gasteiger partial charge in [-0.05, 0) is 44.9 Å². The van der Waals surface area contributed by atoms with Crippen molar-refractivity contribution in [1.29, 1.82) is 0 Å². The quantitative estimate of drug-likeness (QED) is 0.647. The SMILES string of the molecule is COc1c(N2CCC(C(N)C3(O)CCCC3)C2)c(F)c(C)c2c(=O)[nH]c(=O)n(C3CC3)c12. The highest BCUT2D eigenvalue weighted by Crippen LogP contribution is 2.45. The zero-order chi connectivity index (χ0) is 22.8. The van der Waals surface area contributed by atoms with E-state index in [9.17, 15) is 14.7 Å². The van der Waals surface area contributed by atoms with Crippen molar-refractivity contribution < 1.29 is 14.2 Å². The Morgan fingerprint density at radius 1 is 1.25 bits per heavy atom. The smallest absolute Gasteiger partial charge is 0.329 e. The van der Waals surface area contributed by atoms with Crippen LogP contribution in [-0.4, -0.2) is 46.5 Å². The topological polar surface area (TPSA) is 114 Å². The van der Waals surface area contributed by atoms with E-state index < -0.39 is 22.7 Å². The molecule has 2 saturated carbocycles. The predicted octanol–water partition coefficient (Wildman–Crippen LogP) is 1.94. The fourth-order valence-electron chi connectivity index (χ4n) is 5.82. The van der Waals surface area contributed by atoms with E-state index in [1.54, 1.807) is 11.5 Å². The number of hydrogen-bond acceptors (Lipinski definition) is 6. The number of nitrogens with one attached hydrogen (secondary N) is 1. The highest BCUT2D eigenvalue weighted by molar-refractivity contribution is 5.93. The maximum absolute atomic E-state index is 15.7. The Hall–Kier alpha value is -2.39. The predicted molar refractivity (Wildman–Crippen MR) is 120 cm³/mol. The first-order chi connectivity index (χ1) is 15.3. The van der Waals surface area contributed by atoms with Gasteiger partial charge < -0.3 is 20.5 Å². The van der Waals surface area contributed by atoms with E-state index in [4.69, 9.17) is 10.5 Å². The van der Waals surface area contributed by atoms with Crippen LogP contribution in [0.3, 0.4) is 0 Å². The van der Waals surface area contributed by atoms with E-state index in [0.717, 1.165) is 32.1 Å². The first kappa shape index (κ1) is 21.5. The van der Waals surface area contributed by atoms with E-state index in [1.807, 2.05) is 4.90 Å². The molecule has 1 saturated heterocycles. The number of aromatic nitrogens is 2. The highest BCUT2D eigenvalue weighted by Gasteiger charge is 2.44. The number of methoxy groups -OCH3 is 1. The molecule has 2 aliphatic carbocycles. The highest BCUT2D eigenvalue weighted by atomic mass is 19.1. The van der Waals surface area contributed by atoms with E-state index in [0.29, 0.717) is 31.4 Å². The Labute approximate surface area is 185 Å². The number of ether oxygens (including phenoxy) is 1. The van der Waals surface area contributed by atoms with Gasteiger partial charge in [0.2, 0.25) is 0 Å². The molecule has 2 unspecified atom stereocenters. The summed E-state index contributed by atoms with van der Waals surface area (Å²) in [7, 11) is 1.44. The minimum atomic E-state index is -0.859. The number of H-pyrrole nitrogens is 1. The second-order valence-corrected chi connectivity index (χ2v) is 9.74. The first-order valence-corrected chi connectivity index (χ1v) is 11.5. The zero-order valence-corrected chi connectivity index (χ0v) is 18.6. The van der Waals surface area contributed by atoms with Crippen LogP contribution in [0.15, 0.2) is 9.59 Å². The summed E-state index contributed by atoms with van der Waals surface area (Å²) in [6.45, 7) is 2.61. The second-order valence-electron chi connectivity index (χ2n) is 9.74. The van der Waals surface area contributed by atoms with Crippen molar-refractivity contribution in [3.05, 3.63) is 32.2 Å². The molecule has 2 heterocycles. The van der Waals surface area contributed by atoms with Crippen molar-refractivity contribution in [3.8, 4) is 5.75 Å². The van der Waals surface area contributed by atoms with Crippen molar-refractivity contribution in [3.63, 3.8) is 0 Å². The van der Waals surface area contributed by atoms with Crippen molar-refractivity contribution in [2.24, 2.45) is 11.7 Å². The molecule has 1 aromatic heterocycles. The van der Waals surface area contributed by atoms with Crippen LogP contribution in [0.1, 0.15) is 56.6 Å². The fraction of sp³-hybridized carbons (Fsp3) is 0.652. The lowest BCUT2D eigenvalue weighted by Crippen LogP contribution is -2.51. The van der Waals surface area contributed by atoms with Gasteiger partial charge in [-0.25, -0.2) is 9.18 Å². The van der Waals surface area contributed by atoms with Crippen molar-refractivity contribution in [2.45, 2.75) is 69.6 Å². The fourth-order valence-corrected chi connectivity index (χ4v) is 5.82. The third-order valence-corrected chi connectivity index (χ3v) is 7.74. The molecule has 174 valence electrons. The van der Waals surface area contributed by atoms with Gasteiger partial charge in [0.25, 0.3) is 5.56 Å². The molecule has 3 fully saturated rings. The Bertz CT molecular complexity index is 1180. The van der Waals surface area contributed by atoms with Gasteiger partial charge in [-0.15, -0.1) is 0 Å². The maximum Gasteiger partial charge on any atom is 0.329 e. The zero-order valence-electron chi connectivity index (χ0n) is 18.6. The van der Waals surface area contributed by atoms with E-state index in [1.165, 1.54) is 7.11 Å². The van der Waals surface area contributed by atoms with Gasteiger partial charge in [0.15, 0.2) is 11.6 Å². The molecule has 2 aromatic rings. The first-order valence-electron chi connectivity index (χ1n) is 11.5. The minimum absolute atomic E-state index is 0.0167. The van der Waals surface area contributed by atoms with Gasteiger partial charge in [-0.2, -0.15) is 0 Å². The number of fused-ring (bicyclic) bond motifs is 1. The molecular weight excluding hydrogens is 415 g/mol. The molecule has 1 aromatic carbocycles. The summed E-state index contributed by atoms with van der Waals surface area (Å²) in [6, 6.07) is -0.400. The van der Waals surface area contributed by atoms with Crippen LogP contribution in [0.4, 0.5) is 10.1 Å². The molecule has 1 aliphatic heterocycles. The summed E-state index contributed by atoms with van der Waals surface area (Å²) in [5.74, 6) is -0.287. The summed E-state index contributed by atoms with van der Waals surface area (Å²) >= 11 is 0. The third-order valence-electron chi connectivity index (χ3n) is 7.74. The van der Waals surface area contributed by atoms with Gasteiger partial charge in [0.05, 0.1) is 18.1 Å². The van der Waals surface area contributed by atoms with E-state index in [-0.39, 0.29) is 40.4 Å². The van der Waals surface area contributed by atoms with Crippen LogP contribution in [0.2, 0.25) is 0 Å². The Kier molecular flexibility index (Phi) is 5.09. The molecule has 5 rings (SSSR count). The molecule has 8 nitrogen and oxygen atoms in total. The minimum Gasteiger partial charge on any atom is -0.492 e. The summed E-state index contributed by atoms with van der Waals surface area (Å²) in [5.41, 5.74) is 5.38. The van der Waals surface area contributed by atoms with Crippen LogP contribution >= 0.6 is 0 Å². The van der Waals surface area contributed by atoms with Crippen LogP contribution < -0.4 is 26.6 Å². The average Bonchev–Trinajstić information content (AvgIpc) is 3.29. The normalized spacial score (nSPS) is 23.8. The molecule has 0 bridgehead atoms. The van der Waals surface area contributed by atoms with Crippen LogP contribution in [-0.2, 0) is 0 Å². The second kappa shape index (κ2) is 7.59. The lowest BCUT2D eigenvalue weighted by Gasteiger charge is -2.34. The number of aliphatic hydroxyl groups is 1. The Balaban J connectivity index is 1.62. The van der Waals surface area contributed by atoms with Crippen LogP contribution in [0.5, 0.6) is 5.75 Å². The van der Waals surface area contributed by atoms with Crippen LogP contribution in [0, 0.1) is 18.7 Å². The number of nitrogens with zero attached hydrogens (tertiary/aromatic N) is 2. The number of anilines is 1. The van der Waals surface area contributed by atoms with Gasteiger partial charge in [-0.1, -0.05) is 12.8 Å².